The summed E-state index contributed by atoms with van der Waals surface area (Å²) in [5.74, 6) is 0. The van der Waals surface area contributed by atoms with Gasteiger partial charge in [-0.1, -0.05) is 66.7 Å². The molecule has 168 valence electrons. The summed E-state index contributed by atoms with van der Waals surface area (Å²) in [7, 11) is 0. The Morgan fingerprint density at radius 2 is 1.11 bits per heavy atom. The van der Waals surface area contributed by atoms with E-state index in [1.165, 1.54) is 65.6 Å². The fourth-order valence-corrected chi connectivity index (χ4v) is 5.76. The molecule has 0 atom stereocenters. The number of para-hydroxylation sites is 2. The molecule has 0 bridgehead atoms. The van der Waals surface area contributed by atoms with Crippen LogP contribution in [0.2, 0.25) is 0 Å². The highest BCUT2D eigenvalue weighted by Gasteiger charge is 2.14. The van der Waals surface area contributed by atoms with Crippen molar-refractivity contribution in [1.82, 2.24) is 9.13 Å². The number of hydrogen-bond donors (Lipinski definition) is 0. The van der Waals surface area contributed by atoms with Crippen LogP contribution in [-0.2, 0) is 0 Å². The molecule has 0 amide bonds. The Morgan fingerprint density at radius 1 is 0.361 bits per heavy atom. The van der Waals surface area contributed by atoms with E-state index < -0.39 is 0 Å². The minimum atomic E-state index is 1.18. The van der Waals surface area contributed by atoms with E-state index in [0.717, 1.165) is 0 Å². The monoisotopic (exact) mass is 458 g/mol. The molecule has 0 N–H and O–H groups in total. The summed E-state index contributed by atoms with van der Waals surface area (Å²) in [5, 5.41) is 8.84. The number of hydrogen-bond acceptors (Lipinski definition) is 0. The van der Waals surface area contributed by atoms with Crippen LogP contribution in [0.3, 0.4) is 0 Å². The number of nitrogens with zero attached hydrogens (tertiary/aromatic N) is 2. The van der Waals surface area contributed by atoms with E-state index in [2.05, 4.69) is 143 Å². The molecule has 8 rings (SSSR count). The molecule has 6 aromatic carbocycles. The van der Waals surface area contributed by atoms with Gasteiger partial charge in [0.1, 0.15) is 0 Å². The highest BCUT2D eigenvalue weighted by Crippen LogP contribution is 2.37. The third-order valence-electron chi connectivity index (χ3n) is 7.46. The van der Waals surface area contributed by atoms with Crippen molar-refractivity contribution in [2.75, 3.05) is 0 Å². The van der Waals surface area contributed by atoms with Crippen LogP contribution < -0.4 is 0 Å². The first-order valence-corrected chi connectivity index (χ1v) is 12.4. The topological polar surface area (TPSA) is 9.86 Å². The minimum Gasteiger partial charge on any atom is -0.317 e. The van der Waals surface area contributed by atoms with Crippen LogP contribution in [0.4, 0.5) is 0 Å². The molecule has 0 aliphatic heterocycles. The maximum atomic E-state index is 2.41. The summed E-state index contributed by atoms with van der Waals surface area (Å²) in [4.78, 5) is 0. The second-order valence-corrected chi connectivity index (χ2v) is 9.53. The summed E-state index contributed by atoms with van der Waals surface area (Å²) < 4.78 is 4.69. The van der Waals surface area contributed by atoms with Crippen molar-refractivity contribution >= 4 is 54.3 Å². The molecule has 2 aromatic heterocycles. The molecule has 0 aliphatic rings. The van der Waals surface area contributed by atoms with E-state index in [0.29, 0.717) is 0 Å². The van der Waals surface area contributed by atoms with E-state index in [1.54, 1.807) is 0 Å². The van der Waals surface area contributed by atoms with Crippen LogP contribution in [-0.4, -0.2) is 9.13 Å². The summed E-state index contributed by atoms with van der Waals surface area (Å²) in [6, 6.07) is 46.2. The fourth-order valence-electron chi connectivity index (χ4n) is 5.76. The van der Waals surface area contributed by atoms with E-state index in [-0.39, 0.29) is 0 Å². The first kappa shape index (κ1) is 19.5. The maximum Gasteiger partial charge on any atom is 0.0547 e. The van der Waals surface area contributed by atoms with Gasteiger partial charge in [0.15, 0.2) is 0 Å². The SMILES string of the molecule is c1ccc(-n2ccc3cc4cc5c(cc4cc32)c2ccccc2n5-c2ccc3ccccc3c2)cc1. The van der Waals surface area contributed by atoms with Gasteiger partial charge in [0.2, 0.25) is 0 Å². The molecule has 0 fully saturated rings. The van der Waals surface area contributed by atoms with E-state index in [1.807, 2.05) is 0 Å². The zero-order valence-corrected chi connectivity index (χ0v) is 19.6. The van der Waals surface area contributed by atoms with Gasteiger partial charge in [0, 0.05) is 33.7 Å². The van der Waals surface area contributed by atoms with Gasteiger partial charge in [-0.2, -0.15) is 0 Å². The third-order valence-corrected chi connectivity index (χ3v) is 7.46. The highest BCUT2D eigenvalue weighted by molar-refractivity contribution is 6.15. The van der Waals surface area contributed by atoms with Crippen LogP contribution in [0, 0.1) is 0 Å². The van der Waals surface area contributed by atoms with Crippen LogP contribution in [0.15, 0.2) is 134 Å². The predicted molar refractivity (Wildman–Crippen MR) is 153 cm³/mol. The van der Waals surface area contributed by atoms with Crippen molar-refractivity contribution in [2.45, 2.75) is 0 Å². The van der Waals surface area contributed by atoms with E-state index in [4.69, 9.17) is 0 Å². The Morgan fingerprint density at radius 3 is 2.03 bits per heavy atom. The summed E-state index contributed by atoms with van der Waals surface area (Å²) in [6.45, 7) is 0. The van der Waals surface area contributed by atoms with Crippen molar-refractivity contribution in [3.05, 3.63) is 134 Å². The lowest BCUT2D eigenvalue weighted by Crippen LogP contribution is -1.94. The second kappa shape index (κ2) is 7.34. The maximum absolute atomic E-state index is 2.41. The minimum absolute atomic E-state index is 1.18. The standard InChI is InChI=1S/C34H22N2/c1-2-10-28(11-3-1)35-17-16-25-18-26-22-34-31(20-27(26)21-33(25)35)30-12-6-7-13-32(30)36(34)29-15-14-23-8-4-5-9-24(23)19-29/h1-22H. The number of fused-ring (bicyclic) bond motifs is 6. The van der Waals surface area contributed by atoms with Gasteiger partial charge in [-0.05, 0) is 82.2 Å². The zero-order chi connectivity index (χ0) is 23.6. The Labute approximate surface area is 208 Å². The Bertz CT molecular complexity index is 2090. The average molecular weight is 459 g/mol. The molecule has 0 spiro atoms. The lowest BCUT2D eigenvalue weighted by Gasteiger charge is -2.10. The zero-order valence-electron chi connectivity index (χ0n) is 19.6. The summed E-state index contributed by atoms with van der Waals surface area (Å²) in [6.07, 6.45) is 2.17. The molecule has 2 heterocycles. The molecule has 0 saturated carbocycles. The highest BCUT2D eigenvalue weighted by atomic mass is 15.0. The molecule has 8 aromatic rings. The third kappa shape index (κ3) is 2.79. The van der Waals surface area contributed by atoms with E-state index in [9.17, 15) is 0 Å². The lowest BCUT2D eigenvalue weighted by atomic mass is 10.0. The van der Waals surface area contributed by atoms with Crippen molar-refractivity contribution in [2.24, 2.45) is 0 Å². The largest absolute Gasteiger partial charge is 0.317 e. The van der Waals surface area contributed by atoms with E-state index >= 15 is 0 Å². The predicted octanol–water partition coefficient (Wildman–Crippen LogP) is 9.03. The number of benzene rings is 6. The molecular formula is C34H22N2. The van der Waals surface area contributed by atoms with Gasteiger partial charge >= 0.3 is 0 Å². The van der Waals surface area contributed by atoms with Crippen molar-refractivity contribution in [1.29, 1.82) is 0 Å². The van der Waals surface area contributed by atoms with Crippen LogP contribution >= 0.6 is 0 Å². The molecule has 0 radical (unpaired) electrons. The molecular weight excluding hydrogens is 436 g/mol. The van der Waals surface area contributed by atoms with Crippen molar-refractivity contribution < 1.29 is 0 Å². The first-order chi connectivity index (χ1) is 17.8. The van der Waals surface area contributed by atoms with Gasteiger partial charge in [0.05, 0.1) is 16.6 Å². The quantitative estimate of drug-likeness (QED) is 0.244. The molecule has 36 heavy (non-hydrogen) atoms. The van der Waals surface area contributed by atoms with Gasteiger partial charge < -0.3 is 9.13 Å². The lowest BCUT2D eigenvalue weighted by molar-refractivity contribution is 1.13. The fraction of sp³-hybridized carbons (Fsp3) is 0. The van der Waals surface area contributed by atoms with Gasteiger partial charge in [0.25, 0.3) is 0 Å². The van der Waals surface area contributed by atoms with Crippen LogP contribution in [0.5, 0.6) is 0 Å². The number of rotatable bonds is 2. The van der Waals surface area contributed by atoms with Crippen molar-refractivity contribution in [3.8, 4) is 11.4 Å². The molecule has 2 heteroatoms. The first-order valence-electron chi connectivity index (χ1n) is 12.4. The molecule has 0 saturated heterocycles. The normalized spacial score (nSPS) is 11.9. The molecule has 0 aliphatic carbocycles. The smallest absolute Gasteiger partial charge is 0.0547 e. The van der Waals surface area contributed by atoms with Gasteiger partial charge in [-0.25, -0.2) is 0 Å². The average Bonchev–Trinajstić information content (AvgIpc) is 3.49. The summed E-state index contributed by atoms with van der Waals surface area (Å²) >= 11 is 0. The number of aromatic nitrogens is 2. The van der Waals surface area contributed by atoms with Crippen LogP contribution in [0.25, 0.3) is 65.6 Å². The van der Waals surface area contributed by atoms with Crippen LogP contribution in [0.1, 0.15) is 0 Å². The summed E-state index contributed by atoms with van der Waals surface area (Å²) in [5.41, 5.74) is 6.07. The van der Waals surface area contributed by atoms with Gasteiger partial charge in [-0.15, -0.1) is 0 Å². The molecule has 2 nitrogen and oxygen atoms in total. The Hall–Kier alpha value is -4.82. The van der Waals surface area contributed by atoms with Crippen molar-refractivity contribution in [3.63, 3.8) is 0 Å². The molecule has 0 unspecified atom stereocenters. The Balaban J connectivity index is 1.44. The van der Waals surface area contributed by atoms with Gasteiger partial charge in [-0.3, -0.25) is 0 Å². The Kier molecular flexibility index (Phi) is 3.97. The second-order valence-electron chi connectivity index (χ2n) is 9.53.